The van der Waals surface area contributed by atoms with E-state index < -0.39 is 52.7 Å². The highest BCUT2D eigenvalue weighted by Gasteiger charge is 2.41. The minimum atomic E-state index is -4.95. The molecule has 1 saturated heterocycles. The van der Waals surface area contributed by atoms with Gasteiger partial charge in [-0.2, -0.15) is 4.98 Å². The lowest BCUT2D eigenvalue weighted by atomic mass is 10.1. The number of carboxylic acid groups (broad SMARTS) is 1. The quantitative estimate of drug-likeness (QED) is 0.128. The topological polar surface area (TPSA) is 262 Å². The molecule has 0 amide bonds. The van der Waals surface area contributed by atoms with Crippen LogP contribution in [0, 0.1) is 0 Å². The van der Waals surface area contributed by atoms with Crippen molar-refractivity contribution in [2.75, 3.05) is 18.9 Å². The van der Waals surface area contributed by atoms with Crippen LogP contribution in [0.3, 0.4) is 0 Å². The van der Waals surface area contributed by atoms with E-state index in [1.807, 2.05) is 0 Å². The highest BCUT2D eigenvalue weighted by Crippen LogP contribution is 2.45. The average Bonchev–Trinajstić information content (AvgIpc) is 3.06. The lowest BCUT2D eigenvalue weighted by Gasteiger charge is -2.19. The number of aromatic nitrogens is 2. The molecule has 18 heteroatoms. The summed E-state index contributed by atoms with van der Waals surface area (Å²) < 4.78 is 38.5. The van der Waals surface area contributed by atoms with Crippen LogP contribution in [0.25, 0.3) is 0 Å². The number of rotatable bonds is 12. The Morgan fingerprint density at radius 3 is 2.61 bits per heavy atom. The van der Waals surface area contributed by atoms with Crippen LogP contribution < -0.4 is 17.1 Å². The van der Waals surface area contributed by atoms with Gasteiger partial charge in [-0.05, 0) is 25.3 Å². The van der Waals surface area contributed by atoms with Gasteiger partial charge in [0.2, 0.25) is 5.62 Å². The van der Waals surface area contributed by atoms with Crippen LogP contribution >= 0.6 is 15.6 Å². The maximum absolute atomic E-state index is 11.3. The number of aliphatic carboxylic acids is 1. The Bertz CT molecular complexity index is 977. The van der Waals surface area contributed by atoms with E-state index in [9.17, 15) is 13.9 Å². The molecule has 9 N–H and O–H groups in total. The largest absolute Gasteiger partial charge is 0.480 e. The number of phosphoric acid groups is 2. The van der Waals surface area contributed by atoms with Gasteiger partial charge in [0.15, 0.2) is 0 Å². The number of unbranched alkanes of at least 4 members (excludes halogenated alkanes) is 1. The molecule has 0 bridgehead atoms. The summed E-state index contributed by atoms with van der Waals surface area (Å²) >= 11 is 0. The molecule has 16 nitrogen and oxygen atoms in total. The van der Waals surface area contributed by atoms with Crippen molar-refractivity contribution in [2.24, 2.45) is 10.7 Å². The fourth-order valence-electron chi connectivity index (χ4n) is 3.03. The number of anilines is 1. The predicted octanol–water partition coefficient (Wildman–Crippen LogP) is -1.18. The summed E-state index contributed by atoms with van der Waals surface area (Å²) in [5.74, 6) is -0.953. The van der Waals surface area contributed by atoms with E-state index >= 15 is 0 Å². The molecule has 0 spiro atoms. The Labute approximate surface area is 187 Å². The first-order valence-corrected chi connectivity index (χ1v) is 12.7. The fraction of sp³-hybridized carbons (Fsp3) is 0.667. The summed E-state index contributed by atoms with van der Waals surface area (Å²) in [7, 11) is -9.81. The van der Waals surface area contributed by atoms with Gasteiger partial charge in [-0.3, -0.25) is 23.4 Å². The van der Waals surface area contributed by atoms with Gasteiger partial charge in [0, 0.05) is 19.2 Å². The first kappa shape index (κ1) is 27.5. The van der Waals surface area contributed by atoms with Gasteiger partial charge in [0.25, 0.3) is 0 Å². The van der Waals surface area contributed by atoms with E-state index in [2.05, 4.69) is 14.5 Å². The zero-order valence-corrected chi connectivity index (χ0v) is 19.1. The summed E-state index contributed by atoms with van der Waals surface area (Å²) in [4.78, 5) is 55.3. The lowest BCUT2D eigenvalue weighted by Crippen LogP contribution is -2.30. The van der Waals surface area contributed by atoms with Crippen LogP contribution in [-0.2, 0) is 27.7 Å². The van der Waals surface area contributed by atoms with Crippen molar-refractivity contribution in [3.05, 3.63) is 17.9 Å². The molecule has 188 valence electrons. The van der Waals surface area contributed by atoms with Gasteiger partial charge >= 0.3 is 21.6 Å². The van der Waals surface area contributed by atoms with Gasteiger partial charge in [0.05, 0.1) is 6.61 Å². The van der Waals surface area contributed by atoms with Crippen LogP contribution in [0.5, 0.6) is 0 Å². The van der Waals surface area contributed by atoms with Crippen LogP contribution in [0.2, 0.25) is 0 Å². The molecule has 1 fully saturated rings. The molecule has 1 unspecified atom stereocenters. The van der Waals surface area contributed by atoms with Crippen molar-refractivity contribution in [3.8, 4) is 0 Å². The van der Waals surface area contributed by atoms with Crippen molar-refractivity contribution >= 4 is 27.4 Å². The smallest absolute Gasteiger partial charge is 0.469 e. The van der Waals surface area contributed by atoms with E-state index in [0.29, 0.717) is 12.8 Å². The number of hydrogen-bond donors (Lipinski definition) is 7. The van der Waals surface area contributed by atoms with E-state index in [1.165, 1.54) is 16.8 Å². The Balaban J connectivity index is 2.16. The number of carbonyl (C=O) groups is 1. The number of carboxylic acids is 1. The molecule has 0 saturated carbocycles. The van der Waals surface area contributed by atoms with Gasteiger partial charge in [0.1, 0.15) is 30.3 Å². The molecule has 33 heavy (non-hydrogen) atoms. The predicted molar refractivity (Wildman–Crippen MR) is 110 cm³/mol. The first-order chi connectivity index (χ1) is 15.2. The maximum atomic E-state index is 11.3. The molecule has 1 aromatic rings. The van der Waals surface area contributed by atoms with Crippen molar-refractivity contribution in [3.63, 3.8) is 0 Å². The summed E-state index contributed by atoms with van der Waals surface area (Å²) in [6.45, 7) is -0.437. The van der Waals surface area contributed by atoms with Crippen LogP contribution in [-0.4, -0.2) is 71.6 Å². The van der Waals surface area contributed by atoms with E-state index in [0.717, 1.165) is 0 Å². The maximum Gasteiger partial charge on any atom is 0.469 e. The highest BCUT2D eigenvalue weighted by atomic mass is 31.2. The molecular formula is C15H27N5O11P2. The SMILES string of the molecule is Nc1ccn([C@H]2CC(OP(=O)(O)O)[C@@H](COP(=O)(O)O)O2)c(=NCCCC[C@H](N)C(=O)O)n1. The van der Waals surface area contributed by atoms with E-state index in [4.69, 9.17) is 45.4 Å². The van der Waals surface area contributed by atoms with E-state index in [-0.39, 0.29) is 30.8 Å². The third-order valence-corrected chi connectivity index (χ3v) is 5.56. The lowest BCUT2D eigenvalue weighted by molar-refractivity contribution is -0.138. The van der Waals surface area contributed by atoms with Crippen LogP contribution in [0.4, 0.5) is 5.82 Å². The molecule has 0 radical (unpaired) electrons. The summed E-state index contributed by atoms with van der Waals surface area (Å²) in [5, 5.41) is 8.80. The Hall–Kier alpha value is -1.71. The molecule has 0 aromatic carbocycles. The summed E-state index contributed by atoms with van der Waals surface area (Å²) in [5.41, 5.74) is 11.3. The number of nitrogens with two attached hydrogens (primary N) is 2. The third-order valence-electron chi connectivity index (χ3n) is 4.53. The number of nitrogens with zero attached hydrogens (tertiary/aromatic N) is 3. The molecule has 1 aliphatic heterocycles. The van der Waals surface area contributed by atoms with Gasteiger partial charge in [-0.25, -0.2) is 9.13 Å². The minimum Gasteiger partial charge on any atom is -0.480 e. The zero-order chi connectivity index (χ0) is 24.8. The number of nitrogen functional groups attached to an aromatic ring is 1. The average molecular weight is 515 g/mol. The van der Waals surface area contributed by atoms with Crippen LogP contribution in [0.1, 0.15) is 31.9 Å². The van der Waals surface area contributed by atoms with Gasteiger partial charge < -0.3 is 40.9 Å². The second-order valence-corrected chi connectivity index (χ2v) is 9.60. The molecule has 0 aliphatic carbocycles. The first-order valence-electron chi connectivity index (χ1n) is 9.68. The Morgan fingerprint density at radius 2 is 2.00 bits per heavy atom. The minimum absolute atomic E-state index is 0.119. The fourth-order valence-corrected chi connectivity index (χ4v) is 3.95. The monoisotopic (exact) mass is 515 g/mol. The van der Waals surface area contributed by atoms with Crippen molar-refractivity contribution in [1.29, 1.82) is 0 Å². The van der Waals surface area contributed by atoms with Crippen molar-refractivity contribution in [1.82, 2.24) is 9.55 Å². The highest BCUT2D eigenvalue weighted by molar-refractivity contribution is 7.46. The Kier molecular flexibility index (Phi) is 9.70. The molecule has 4 atom stereocenters. The second-order valence-electron chi connectivity index (χ2n) is 7.17. The number of hydrogen-bond acceptors (Lipinski definition) is 10. The summed E-state index contributed by atoms with van der Waals surface area (Å²) in [6.07, 6.45) is -0.754. The number of ether oxygens (including phenoxy) is 1. The van der Waals surface area contributed by atoms with Crippen molar-refractivity contribution in [2.45, 2.75) is 50.2 Å². The number of phosphoric ester groups is 2. The molecule has 1 aromatic heterocycles. The van der Waals surface area contributed by atoms with Crippen LogP contribution in [0.15, 0.2) is 17.3 Å². The molecule has 1 aliphatic rings. The van der Waals surface area contributed by atoms with Crippen molar-refractivity contribution < 1.29 is 52.4 Å². The second kappa shape index (κ2) is 11.6. The Morgan fingerprint density at radius 1 is 1.30 bits per heavy atom. The van der Waals surface area contributed by atoms with Gasteiger partial charge in [-0.1, -0.05) is 0 Å². The standard InChI is InChI=1S/C15H27N5O11P2/c16-9(14(21)22)3-1-2-5-18-15-19-12(17)4-6-20(15)13-7-10(31-33(26,27)28)11(30-13)8-29-32(23,24)25/h4,6,9-11,13H,1-3,5,7-8,16H2,(H,21,22)(H2,17,18,19)(H2,23,24,25)(H2,26,27,28)/t9-,10?,11+,13+/m0/s1. The zero-order valence-electron chi connectivity index (χ0n) is 17.3. The third kappa shape index (κ3) is 9.59. The van der Waals surface area contributed by atoms with Gasteiger partial charge in [-0.15, -0.1) is 0 Å². The molecule has 2 heterocycles. The van der Waals surface area contributed by atoms with E-state index in [1.54, 1.807) is 0 Å². The molecule has 2 rings (SSSR count). The summed E-state index contributed by atoms with van der Waals surface area (Å²) in [6, 6.07) is 0.470. The molecular weight excluding hydrogens is 488 g/mol. The normalized spacial score (nSPS) is 23.1.